The number of amides is 1. The van der Waals surface area contributed by atoms with Crippen LogP contribution in [0.25, 0.3) is 10.8 Å². The minimum Gasteiger partial charge on any atom is -0.457 e. The lowest BCUT2D eigenvalue weighted by atomic mass is 10.0. The van der Waals surface area contributed by atoms with Gasteiger partial charge in [0.05, 0.1) is 11.7 Å². The Hall–Kier alpha value is -3.32. The highest BCUT2D eigenvalue weighted by molar-refractivity contribution is 9.10. The fraction of sp³-hybridized carbons (Fsp3) is 0.185. The van der Waals surface area contributed by atoms with Crippen LogP contribution in [-0.2, 0) is 5.92 Å². The summed E-state index contributed by atoms with van der Waals surface area (Å²) in [6, 6.07) is 22.0. The number of hydrogen-bond acceptors (Lipinski definition) is 3. The van der Waals surface area contributed by atoms with E-state index in [4.69, 9.17) is 4.74 Å². The van der Waals surface area contributed by atoms with Gasteiger partial charge < -0.3 is 10.1 Å². The van der Waals surface area contributed by atoms with E-state index >= 15 is 0 Å². The van der Waals surface area contributed by atoms with Crippen molar-refractivity contribution in [3.8, 4) is 11.5 Å². The van der Waals surface area contributed by atoms with Gasteiger partial charge in [-0.3, -0.25) is 4.79 Å². The van der Waals surface area contributed by atoms with Crippen molar-refractivity contribution in [3.05, 3.63) is 100 Å². The first-order valence-electron chi connectivity index (χ1n) is 10.9. The Balaban J connectivity index is 1.53. The Kier molecular flexibility index (Phi) is 6.93. The summed E-state index contributed by atoms with van der Waals surface area (Å²) in [4.78, 5) is 17.2. The van der Waals surface area contributed by atoms with Gasteiger partial charge in [-0.1, -0.05) is 25.1 Å². The number of ether oxygens (including phenoxy) is 1. The summed E-state index contributed by atoms with van der Waals surface area (Å²) in [5.41, 5.74) is 1.22. The maximum Gasteiger partial charge on any atom is 0.273 e. The Bertz CT molecular complexity index is 1330. The largest absolute Gasteiger partial charge is 0.457 e. The molecule has 0 aliphatic heterocycles. The van der Waals surface area contributed by atoms with Crippen molar-refractivity contribution in [3.63, 3.8) is 0 Å². The number of hydrogen-bond donors (Lipinski definition) is 1. The van der Waals surface area contributed by atoms with E-state index in [0.717, 1.165) is 16.5 Å². The molecule has 0 saturated carbocycles. The minimum atomic E-state index is -2.86. The first-order chi connectivity index (χ1) is 16.3. The van der Waals surface area contributed by atoms with Gasteiger partial charge in [0, 0.05) is 22.9 Å². The van der Waals surface area contributed by atoms with Crippen LogP contribution >= 0.6 is 15.9 Å². The molecule has 1 atom stereocenters. The molecule has 4 nitrogen and oxygen atoms in total. The molecule has 4 rings (SSSR count). The summed E-state index contributed by atoms with van der Waals surface area (Å²) in [5, 5.41) is 4.60. The van der Waals surface area contributed by atoms with Crippen molar-refractivity contribution >= 4 is 32.6 Å². The molecule has 1 heterocycles. The van der Waals surface area contributed by atoms with Crippen molar-refractivity contribution in [2.45, 2.75) is 32.2 Å². The fourth-order valence-corrected chi connectivity index (χ4v) is 3.96. The van der Waals surface area contributed by atoms with Crippen LogP contribution in [0.4, 0.5) is 8.78 Å². The van der Waals surface area contributed by atoms with Crippen LogP contribution in [0.2, 0.25) is 0 Å². The molecule has 3 aromatic carbocycles. The molecule has 1 aromatic heterocycles. The van der Waals surface area contributed by atoms with Crippen molar-refractivity contribution in [2.75, 3.05) is 0 Å². The number of carbonyl (C=O) groups excluding carboxylic acids is 1. The second-order valence-corrected chi connectivity index (χ2v) is 8.77. The van der Waals surface area contributed by atoms with Gasteiger partial charge in [-0.25, -0.2) is 13.8 Å². The number of rotatable bonds is 7. The number of benzene rings is 3. The molecule has 7 heteroatoms. The van der Waals surface area contributed by atoms with E-state index in [-0.39, 0.29) is 23.9 Å². The van der Waals surface area contributed by atoms with Crippen LogP contribution in [-0.4, -0.2) is 10.9 Å². The second-order valence-electron chi connectivity index (χ2n) is 7.96. The van der Waals surface area contributed by atoms with Crippen LogP contribution in [0.1, 0.15) is 47.9 Å². The first kappa shape index (κ1) is 23.8. The molecule has 0 spiro atoms. The van der Waals surface area contributed by atoms with Gasteiger partial charge in [0.15, 0.2) is 0 Å². The summed E-state index contributed by atoms with van der Waals surface area (Å²) in [7, 11) is 0. The van der Waals surface area contributed by atoms with Gasteiger partial charge in [0.1, 0.15) is 16.1 Å². The molecule has 34 heavy (non-hydrogen) atoms. The average molecular weight is 525 g/mol. The molecule has 1 N–H and O–H groups in total. The number of pyridine rings is 1. The van der Waals surface area contributed by atoms with Gasteiger partial charge >= 0.3 is 0 Å². The second kappa shape index (κ2) is 9.89. The van der Waals surface area contributed by atoms with Crippen LogP contribution in [0, 0.1) is 0 Å². The topological polar surface area (TPSA) is 51.2 Å². The quantitative estimate of drug-likeness (QED) is 0.251. The summed E-state index contributed by atoms with van der Waals surface area (Å²) in [5.74, 6) is -2.04. The maximum absolute atomic E-state index is 13.9. The van der Waals surface area contributed by atoms with E-state index in [9.17, 15) is 13.6 Å². The molecule has 0 bridgehead atoms. The number of carbonyl (C=O) groups is 1. The molecule has 1 unspecified atom stereocenters. The highest BCUT2D eigenvalue weighted by Gasteiger charge is 2.28. The molecular weight excluding hydrogens is 502 g/mol. The van der Waals surface area contributed by atoms with Gasteiger partial charge in [0.2, 0.25) is 0 Å². The third kappa shape index (κ3) is 5.25. The zero-order valence-electron chi connectivity index (χ0n) is 18.7. The first-order valence-corrected chi connectivity index (χ1v) is 11.7. The summed E-state index contributed by atoms with van der Waals surface area (Å²) in [6.45, 7) is 3.33. The molecule has 0 saturated heterocycles. The van der Waals surface area contributed by atoms with E-state index in [2.05, 4.69) is 26.2 Å². The smallest absolute Gasteiger partial charge is 0.273 e. The molecule has 0 aliphatic rings. The maximum atomic E-state index is 13.9. The third-order valence-electron chi connectivity index (χ3n) is 5.58. The van der Waals surface area contributed by atoms with E-state index < -0.39 is 5.92 Å². The van der Waals surface area contributed by atoms with Crippen LogP contribution in [0.5, 0.6) is 11.5 Å². The molecule has 1 amide bonds. The zero-order valence-corrected chi connectivity index (χ0v) is 20.3. The monoisotopic (exact) mass is 524 g/mol. The highest BCUT2D eigenvalue weighted by atomic mass is 79.9. The van der Waals surface area contributed by atoms with Crippen LogP contribution in [0.15, 0.2) is 83.5 Å². The number of aromatic nitrogens is 1. The van der Waals surface area contributed by atoms with Gasteiger partial charge in [-0.2, -0.15) is 0 Å². The predicted molar refractivity (Wildman–Crippen MR) is 132 cm³/mol. The highest BCUT2D eigenvalue weighted by Crippen LogP contribution is 2.34. The number of halogens is 3. The Morgan fingerprint density at radius 3 is 2.50 bits per heavy atom. The molecule has 0 fully saturated rings. The van der Waals surface area contributed by atoms with E-state index in [1.807, 2.05) is 43.3 Å². The van der Waals surface area contributed by atoms with Gasteiger partial charge in [0.25, 0.3) is 11.8 Å². The fourth-order valence-electron chi connectivity index (χ4n) is 3.60. The molecule has 0 aliphatic carbocycles. The summed E-state index contributed by atoms with van der Waals surface area (Å²) >= 11 is 3.35. The standard InChI is InChI=1S/C27H23BrF2N2O2/c1-3-27(29,30)20-11-13-21(14-12-20)34-24-8-4-6-18-16-19(10-15-22(18)24)26(33)31-17(2)23-7-5-9-25(28)32-23/h4-17H,3H2,1-2H3,(H,31,33). The Morgan fingerprint density at radius 2 is 1.79 bits per heavy atom. The molecular formula is C27H23BrF2N2O2. The zero-order chi connectivity index (χ0) is 24.3. The average Bonchev–Trinajstić information content (AvgIpc) is 2.84. The van der Waals surface area contributed by atoms with Crippen molar-refractivity contribution in [1.82, 2.24) is 10.3 Å². The lowest BCUT2D eigenvalue weighted by Gasteiger charge is -2.16. The molecule has 0 radical (unpaired) electrons. The third-order valence-corrected chi connectivity index (χ3v) is 6.02. The van der Waals surface area contributed by atoms with Crippen LogP contribution in [0.3, 0.4) is 0 Å². The van der Waals surface area contributed by atoms with E-state index in [1.165, 1.54) is 31.2 Å². The van der Waals surface area contributed by atoms with E-state index in [1.54, 1.807) is 18.2 Å². The van der Waals surface area contributed by atoms with Crippen molar-refractivity contribution in [1.29, 1.82) is 0 Å². The van der Waals surface area contributed by atoms with Gasteiger partial charge in [-0.05, 0) is 88.9 Å². The SMILES string of the molecule is CCC(F)(F)c1ccc(Oc2cccc3cc(C(=O)NC(C)c4cccc(Br)n4)ccc23)cc1. The van der Waals surface area contributed by atoms with Crippen molar-refractivity contribution in [2.24, 2.45) is 0 Å². The predicted octanol–water partition coefficient (Wildman–Crippen LogP) is 7.78. The Labute approximate surface area is 205 Å². The summed E-state index contributed by atoms with van der Waals surface area (Å²) in [6.07, 6.45) is -0.259. The summed E-state index contributed by atoms with van der Waals surface area (Å²) < 4.78 is 34.4. The lowest BCUT2D eigenvalue weighted by molar-refractivity contribution is -0.00831. The number of nitrogens with one attached hydrogen (secondary N) is 1. The van der Waals surface area contributed by atoms with Crippen LogP contribution < -0.4 is 10.1 Å². The number of nitrogens with zero attached hydrogens (tertiary/aromatic N) is 1. The Morgan fingerprint density at radius 1 is 1.06 bits per heavy atom. The number of fused-ring (bicyclic) bond motifs is 1. The van der Waals surface area contributed by atoms with E-state index in [0.29, 0.717) is 21.7 Å². The lowest BCUT2D eigenvalue weighted by Crippen LogP contribution is -2.27. The normalized spacial score (nSPS) is 12.4. The van der Waals surface area contributed by atoms with Crippen molar-refractivity contribution < 1.29 is 18.3 Å². The number of alkyl halides is 2. The van der Waals surface area contributed by atoms with Gasteiger partial charge in [-0.15, -0.1) is 0 Å². The minimum absolute atomic E-state index is 0.0387. The molecule has 174 valence electrons. The molecule has 4 aromatic rings.